The number of ether oxygens (including phenoxy) is 1. The second kappa shape index (κ2) is 5.63. The number of halogens is 2. The highest BCUT2D eigenvalue weighted by Gasteiger charge is 2.66. The van der Waals surface area contributed by atoms with E-state index in [9.17, 15) is 9.59 Å². The topological polar surface area (TPSA) is 71.2 Å². The molecule has 122 valence electrons. The first-order valence-electron chi connectivity index (χ1n) is 7.27. The Balaban J connectivity index is 2.00. The largest absolute Gasteiger partial charge is 0.461 e. The lowest BCUT2D eigenvalue weighted by molar-refractivity contribution is -0.120. The summed E-state index contributed by atoms with van der Waals surface area (Å²) in [5.74, 6) is -0.634. The van der Waals surface area contributed by atoms with E-state index in [4.69, 9.17) is 4.74 Å². The molecule has 1 fully saturated rings. The zero-order valence-electron chi connectivity index (χ0n) is 12.7. The van der Waals surface area contributed by atoms with Crippen LogP contribution < -0.4 is 5.32 Å². The molecule has 0 radical (unpaired) electrons. The summed E-state index contributed by atoms with van der Waals surface area (Å²) >= 11 is 6.98. The first-order chi connectivity index (χ1) is 10.8. The van der Waals surface area contributed by atoms with Crippen molar-refractivity contribution < 1.29 is 14.3 Å². The number of esters is 1. The van der Waals surface area contributed by atoms with Gasteiger partial charge in [-0.15, -0.1) is 0 Å². The van der Waals surface area contributed by atoms with Crippen LogP contribution >= 0.6 is 31.9 Å². The molecule has 2 aromatic rings. The van der Waals surface area contributed by atoms with Gasteiger partial charge in [-0.25, -0.2) is 4.79 Å². The monoisotopic (exact) mass is 442 g/mol. The van der Waals surface area contributed by atoms with Crippen molar-refractivity contribution in [1.82, 2.24) is 4.98 Å². The lowest BCUT2D eigenvalue weighted by Gasteiger charge is -2.13. The predicted octanol–water partition coefficient (Wildman–Crippen LogP) is 4.18. The summed E-state index contributed by atoms with van der Waals surface area (Å²) < 4.78 is 4.69. The molecule has 0 bridgehead atoms. The van der Waals surface area contributed by atoms with Gasteiger partial charge in [0.25, 0.3) is 0 Å². The van der Waals surface area contributed by atoms with E-state index in [0.717, 1.165) is 10.9 Å². The molecule has 0 spiro atoms. The summed E-state index contributed by atoms with van der Waals surface area (Å²) in [6, 6.07) is 7.43. The third kappa shape index (κ3) is 2.70. The predicted molar refractivity (Wildman–Crippen MR) is 96.2 cm³/mol. The zero-order valence-corrected chi connectivity index (χ0v) is 15.9. The van der Waals surface area contributed by atoms with E-state index in [-0.39, 0.29) is 18.2 Å². The van der Waals surface area contributed by atoms with Gasteiger partial charge in [-0.1, -0.05) is 50.1 Å². The highest BCUT2D eigenvalue weighted by molar-refractivity contribution is 9.25. The Kier molecular flexibility index (Phi) is 4.04. The van der Waals surface area contributed by atoms with Crippen molar-refractivity contribution in [3.05, 3.63) is 30.0 Å². The molecule has 23 heavy (non-hydrogen) atoms. The molecule has 0 aliphatic heterocycles. The van der Waals surface area contributed by atoms with Crippen molar-refractivity contribution in [2.24, 2.45) is 5.41 Å². The molecule has 0 unspecified atom stereocenters. The first-order valence-corrected chi connectivity index (χ1v) is 8.86. The molecule has 5 nitrogen and oxygen atoms in total. The molecule has 7 heteroatoms. The van der Waals surface area contributed by atoms with Crippen molar-refractivity contribution in [1.29, 1.82) is 0 Å². The van der Waals surface area contributed by atoms with Crippen LogP contribution in [0.25, 0.3) is 10.9 Å². The summed E-state index contributed by atoms with van der Waals surface area (Å²) in [6.45, 7) is 3.88. The number of aromatic amines is 1. The van der Waals surface area contributed by atoms with Crippen LogP contribution in [-0.4, -0.2) is 26.7 Å². The molecule has 1 aromatic heterocycles. The minimum absolute atomic E-state index is 0.151. The number of amides is 1. The second-order valence-electron chi connectivity index (χ2n) is 5.81. The fourth-order valence-electron chi connectivity index (χ4n) is 2.53. The van der Waals surface area contributed by atoms with Gasteiger partial charge in [-0.3, -0.25) is 4.79 Å². The number of aromatic nitrogens is 1. The molecule has 1 saturated carbocycles. The van der Waals surface area contributed by atoms with E-state index in [1.807, 2.05) is 31.2 Å². The van der Waals surface area contributed by atoms with Crippen LogP contribution in [0.1, 0.15) is 30.8 Å². The van der Waals surface area contributed by atoms with E-state index in [2.05, 4.69) is 42.2 Å². The maximum absolute atomic E-state index is 12.6. The number of nitrogens with one attached hydrogen (secondary N) is 2. The number of rotatable bonds is 4. The molecule has 0 saturated heterocycles. The molecular formula is C16H16Br2N2O3. The van der Waals surface area contributed by atoms with Crippen LogP contribution in [0.3, 0.4) is 0 Å². The Morgan fingerprint density at radius 2 is 2.00 bits per heavy atom. The van der Waals surface area contributed by atoms with Crippen molar-refractivity contribution in [3.8, 4) is 0 Å². The molecule has 1 heterocycles. The maximum Gasteiger partial charge on any atom is 0.356 e. The summed E-state index contributed by atoms with van der Waals surface area (Å²) in [4.78, 5) is 27.9. The quantitative estimate of drug-likeness (QED) is 0.550. The smallest absolute Gasteiger partial charge is 0.356 e. The molecule has 1 aliphatic rings. The number of H-pyrrole nitrogens is 1. The van der Waals surface area contributed by atoms with E-state index >= 15 is 0 Å². The SMILES string of the molecule is CCOC(=O)c1[nH]c2ccccc2c1NC(=O)[C@@]1(C)CC1(Br)Br. The van der Waals surface area contributed by atoms with Crippen molar-refractivity contribution >= 4 is 60.3 Å². The standard InChI is InChI=1S/C16H16Br2N2O3/c1-3-23-13(21)12-11(9-6-4-5-7-10(9)19-12)20-14(22)15(2)8-16(15,17)18/h4-7,19H,3,8H2,1-2H3,(H,20,22)/t15-/m1/s1. The number of carbonyl (C=O) groups excluding carboxylic acids is 2. The highest BCUT2D eigenvalue weighted by atomic mass is 79.9. The summed E-state index contributed by atoms with van der Waals surface area (Å²) in [7, 11) is 0. The Labute approximate surface area is 150 Å². The number of anilines is 1. The van der Waals surface area contributed by atoms with Crippen molar-refractivity contribution in [2.75, 3.05) is 11.9 Å². The van der Waals surface area contributed by atoms with E-state index < -0.39 is 14.6 Å². The van der Waals surface area contributed by atoms with E-state index in [0.29, 0.717) is 12.1 Å². The van der Waals surface area contributed by atoms with Crippen LogP contribution in [0.5, 0.6) is 0 Å². The number of para-hydroxylation sites is 1. The number of benzene rings is 1. The van der Waals surface area contributed by atoms with Crippen LogP contribution in [0.2, 0.25) is 0 Å². The van der Waals surface area contributed by atoms with Gasteiger partial charge in [-0.2, -0.15) is 0 Å². The van der Waals surface area contributed by atoms with Crippen LogP contribution in [0.15, 0.2) is 24.3 Å². The van der Waals surface area contributed by atoms with Gasteiger partial charge < -0.3 is 15.0 Å². The normalized spacial score (nSPS) is 21.9. The van der Waals surface area contributed by atoms with Crippen molar-refractivity contribution in [2.45, 2.75) is 23.5 Å². The minimum atomic E-state index is -0.572. The fourth-order valence-corrected chi connectivity index (χ4v) is 4.01. The number of hydrogen-bond acceptors (Lipinski definition) is 3. The van der Waals surface area contributed by atoms with Gasteiger partial charge >= 0.3 is 5.97 Å². The number of hydrogen-bond donors (Lipinski definition) is 2. The first kappa shape index (κ1) is 16.5. The molecule has 1 atom stereocenters. The van der Waals surface area contributed by atoms with Gasteiger partial charge in [0.05, 0.1) is 20.9 Å². The van der Waals surface area contributed by atoms with E-state index in [1.54, 1.807) is 6.92 Å². The zero-order chi connectivity index (χ0) is 16.8. The summed E-state index contributed by atoms with van der Waals surface area (Å²) in [6.07, 6.45) is 0.670. The summed E-state index contributed by atoms with van der Waals surface area (Å²) in [5, 5.41) is 3.68. The van der Waals surface area contributed by atoms with Gasteiger partial charge in [0.2, 0.25) is 5.91 Å². The molecule has 1 amide bonds. The fraction of sp³-hybridized carbons (Fsp3) is 0.375. The van der Waals surface area contributed by atoms with Gasteiger partial charge in [0, 0.05) is 10.9 Å². The Morgan fingerprint density at radius 1 is 1.35 bits per heavy atom. The molecular weight excluding hydrogens is 428 g/mol. The highest BCUT2D eigenvalue weighted by Crippen LogP contribution is 2.66. The number of fused-ring (bicyclic) bond motifs is 1. The van der Waals surface area contributed by atoms with E-state index in [1.165, 1.54) is 0 Å². The van der Waals surface area contributed by atoms with Gasteiger partial charge in [0.15, 0.2) is 0 Å². The maximum atomic E-state index is 12.6. The van der Waals surface area contributed by atoms with Crippen molar-refractivity contribution in [3.63, 3.8) is 0 Å². The van der Waals surface area contributed by atoms with Gasteiger partial charge in [0.1, 0.15) is 5.69 Å². The Bertz CT molecular complexity index is 800. The second-order valence-corrected chi connectivity index (χ2v) is 9.58. The molecule has 1 aliphatic carbocycles. The number of alkyl halides is 2. The molecule has 1 aromatic carbocycles. The average Bonchev–Trinajstić information content (AvgIpc) is 2.87. The lowest BCUT2D eigenvalue weighted by atomic mass is 10.1. The van der Waals surface area contributed by atoms with Crippen LogP contribution in [0.4, 0.5) is 5.69 Å². The van der Waals surface area contributed by atoms with Crippen LogP contribution in [0, 0.1) is 5.41 Å². The Hall–Kier alpha value is -1.34. The lowest BCUT2D eigenvalue weighted by Crippen LogP contribution is -2.26. The summed E-state index contributed by atoms with van der Waals surface area (Å²) in [5.41, 5.74) is 0.932. The third-order valence-electron chi connectivity index (χ3n) is 4.18. The van der Waals surface area contributed by atoms with Crippen LogP contribution in [-0.2, 0) is 9.53 Å². The Morgan fingerprint density at radius 3 is 2.61 bits per heavy atom. The average molecular weight is 444 g/mol. The third-order valence-corrected chi connectivity index (χ3v) is 6.49. The minimum Gasteiger partial charge on any atom is -0.461 e. The van der Waals surface area contributed by atoms with Gasteiger partial charge in [-0.05, 0) is 26.3 Å². The molecule has 3 rings (SSSR count). The molecule has 2 N–H and O–H groups in total. The number of carbonyl (C=O) groups is 2.